The van der Waals surface area contributed by atoms with Crippen molar-refractivity contribution in [1.82, 2.24) is 14.5 Å². The Morgan fingerprint density at radius 3 is 2.03 bits per heavy atom. The fraction of sp³-hybridized carbons (Fsp3) is 0.391. The van der Waals surface area contributed by atoms with E-state index in [9.17, 15) is 18.0 Å². The molecule has 1 heterocycles. The average Bonchev–Trinajstić information content (AvgIpc) is 2.77. The van der Waals surface area contributed by atoms with E-state index in [0.717, 1.165) is 5.56 Å². The third-order valence-electron chi connectivity index (χ3n) is 5.39. The van der Waals surface area contributed by atoms with Crippen molar-refractivity contribution in [2.24, 2.45) is 0 Å². The van der Waals surface area contributed by atoms with E-state index in [2.05, 4.69) is 26.1 Å². The highest BCUT2D eigenvalue weighted by molar-refractivity contribution is 7.89. The average molecular weight is 444 g/mol. The molecule has 0 radical (unpaired) electrons. The molecule has 0 bridgehead atoms. The molecule has 0 unspecified atom stereocenters. The maximum atomic E-state index is 12.7. The van der Waals surface area contributed by atoms with Gasteiger partial charge < -0.3 is 10.2 Å². The summed E-state index contributed by atoms with van der Waals surface area (Å²) >= 11 is 0. The zero-order valence-electron chi connectivity index (χ0n) is 18.2. The van der Waals surface area contributed by atoms with Gasteiger partial charge in [0.25, 0.3) is 5.91 Å². The van der Waals surface area contributed by atoms with Crippen LogP contribution in [-0.4, -0.2) is 62.2 Å². The van der Waals surface area contributed by atoms with Crippen molar-refractivity contribution in [3.8, 4) is 0 Å². The predicted molar refractivity (Wildman–Crippen MR) is 119 cm³/mol. The van der Waals surface area contributed by atoms with Crippen LogP contribution in [0.3, 0.4) is 0 Å². The maximum Gasteiger partial charge on any atom is 0.251 e. The topological polar surface area (TPSA) is 86.8 Å². The van der Waals surface area contributed by atoms with Gasteiger partial charge in [-0.25, -0.2) is 8.42 Å². The molecule has 2 aromatic rings. The fourth-order valence-corrected chi connectivity index (χ4v) is 4.85. The Morgan fingerprint density at radius 2 is 1.48 bits per heavy atom. The highest BCUT2D eigenvalue weighted by Gasteiger charge is 2.30. The Hall–Kier alpha value is -2.71. The molecule has 1 aliphatic rings. The van der Waals surface area contributed by atoms with E-state index in [-0.39, 0.29) is 41.8 Å². The molecule has 0 atom stereocenters. The Bertz CT molecular complexity index is 1020. The van der Waals surface area contributed by atoms with Gasteiger partial charge in [0.05, 0.1) is 11.4 Å². The number of hydrogen-bond acceptors (Lipinski definition) is 4. The molecule has 1 saturated heterocycles. The second-order valence-electron chi connectivity index (χ2n) is 8.61. The van der Waals surface area contributed by atoms with Crippen LogP contribution in [-0.2, 0) is 20.2 Å². The lowest BCUT2D eigenvalue weighted by molar-refractivity contribution is -0.131. The van der Waals surface area contributed by atoms with Gasteiger partial charge in [-0.3, -0.25) is 9.59 Å². The van der Waals surface area contributed by atoms with Gasteiger partial charge in [0, 0.05) is 31.7 Å². The summed E-state index contributed by atoms with van der Waals surface area (Å²) in [5, 5.41) is 2.66. The van der Waals surface area contributed by atoms with Crippen molar-refractivity contribution in [1.29, 1.82) is 0 Å². The van der Waals surface area contributed by atoms with E-state index in [1.807, 2.05) is 12.1 Å². The minimum Gasteiger partial charge on any atom is -0.343 e. The van der Waals surface area contributed by atoms with Crippen LogP contribution in [0.1, 0.15) is 36.7 Å². The second kappa shape index (κ2) is 9.20. The molecular formula is C23H29N3O4S. The molecule has 166 valence electrons. The van der Waals surface area contributed by atoms with E-state index in [0.29, 0.717) is 18.7 Å². The Morgan fingerprint density at radius 1 is 0.903 bits per heavy atom. The molecule has 8 heteroatoms. The molecule has 31 heavy (non-hydrogen) atoms. The van der Waals surface area contributed by atoms with E-state index in [1.54, 1.807) is 47.4 Å². The Kier molecular flexibility index (Phi) is 6.81. The van der Waals surface area contributed by atoms with Gasteiger partial charge >= 0.3 is 0 Å². The van der Waals surface area contributed by atoms with Gasteiger partial charge in [-0.15, -0.1) is 0 Å². The number of sulfonamides is 1. The number of nitrogens with one attached hydrogen (secondary N) is 1. The van der Waals surface area contributed by atoms with E-state index in [4.69, 9.17) is 0 Å². The molecule has 3 rings (SSSR count). The first-order valence-corrected chi connectivity index (χ1v) is 11.7. The molecule has 1 fully saturated rings. The van der Waals surface area contributed by atoms with Crippen LogP contribution in [0.15, 0.2) is 59.5 Å². The van der Waals surface area contributed by atoms with Gasteiger partial charge in [0.1, 0.15) is 0 Å². The summed E-state index contributed by atoms with van der Waals surface area (Å²) in [4.78, 5) is 26.7. The van der Waals surface area contributed by atoms with Gasteiger partial charge in [0.2, 0.25) is 15.9 Å². The molecule has 2 aromatic carbocycles. The molecule has 0 saturated carbocycles. The second-order valence-corrected chi connectivity index (χ2v) is 10.5. The lowest BCUT2D eigenvalue weighted by Gasteiger charge is -2.34. The minimum absolute atomic E-state index is 0.00110. The highest BCUT2D eigenvalue weighted by atomic mass is 32.2. The normalized spacial score (nSPS) is 15.5. The first kappa shape index (κ1) is 23.0. The van der Waals surface area contributed by atoms with Gasteiger partial charge in [-0.1, -0.05) is 51.1 Å². The van der Waals surface area contributed by atoms with Crippen LogP contribution in [0, 0.1) is 0 Å². The van der Waals surface area contributed by atoms with Crippen molar-refractivity contribution in [3.63, 3.8) is 0 Å². The van der Waals surface area contributed by atoms with Gasteiger partial charge in [0.15, 0.2) is 0 Å². The molecule has 2 amide bonds. The first-order valence-electron chi connectivity index (χ1n) is 10.3. The van der Waals surface area contributed by atoms with Crippen molar-refractivity contribution in [3.05, 3.63) is 65.7 Å². The molecule has 1 aliphatic heterocycles. The van der Waals surface area contributed by atoms with Crippen LogP contribution in [0.2, 0.25) is 0 Å². The van der Waals surface area contributed by atoms with Crippen molar-refractivity contribution >= 4 is 21.8 Å². The fourth-order valence-electron chi connectivity index (χ4n) is 3.41. The van der Waals surface area contributed by atoms with Gasteiger partial charge in [-0.05, 0) is 35.2 Å². The van der Waals surface area contributed by atoms with Gasteiger partial charge in [-0.2, -0.15) is 4.31 Å². The summed E-state index contributed by atoms with van der Waals surface area (Å²) in [6.45, 7) is 7.23. The minimum atomic E-state index is -3.56. The quantitative estimate of drug-likeness (QED) is 0.768. The molecule has 0 aromatic heterocycles. The summed E-state index contributed by atoms with van der Waals surface area (Å²) in [6.07, 6.45) is 0. The summed E-state index contributed by atoms with van der Waals surface area (Å²) in [5.74, 6) is -0.532. The van der Waals surface area contributed by atoms with Crippen LogP contribution in [0.4, 0.5) is 0 Å². The largest absolute Gasteiger partial charge is 0.343 e. The number of carbonyl (C=O) groups is 2. The predicted octanol–water partition coefficient (Wildman–Crippen LogP) is 2.25. The lowest BCUT2D eigenvalue weighted by atomic mass is 9.87. The van der Waals surface area contributed by atoms with Crippen LogP contribution < -0.4 is 5.32 Å². The van der Waals surface area contributed by atoms with Crippen LogP contribution in [0.25, 0.3) is 0 Å². The molecule has 0 aliphatic carbocycles. The Balaban J connectivity index is 1.51. The zero-order chi connectivity index (χ0) is 22.6. The third kappa shape index (κ3) is 5.51. The SMILES string of the molecule is CC(C)(C)c1ccc(C(=O)NCC(=O)N2CCN(S(=O)(=O)c3ccccc3)CC2)cc1. The van der Waals surface area contributed by atoms with Crippen LogP contribution in [0.5, 0.6) is 0 Å². The number of carbonyl (C=O) groups excluding carboxylic acids is 2. The number of piperazine rings is 1. The summed E-state index contributed by atoms with van der Waals surface area (Å²) in [7, 11) is -3.56. The number of benzene rings is 2. The van der Waals surface area contributed by atoms with E-state index >= 15 is 0 Å². The molecule has 0 spiro atoms. The molecule has 7 nitrogen and oxygen atoms in total. The maximum absolute atomic E-state index is 12.7. The first-order chi connectivity index (χ1) is 14.6. The summed E-state index contributed by atoms with van der Waals surface area (Å²) in [6, 6.07) is 15.6. The summed E-state index contributed by atoms with van der Waals surface area (Å²) < 4.78 is 26.8. The highest BCUT2D eigenvalue weighted by Crippen LogP contribution is 2.22. The number of hydrogen-bond donors (Lipinski definition) is 1. The third-order valence-corrected chi connectivity index (χ3v) is 7.30. The van der Waals surface area contributed by atoms with Crippen molar-refractivity contribution < 1.29 is 18.0 Å². The van der Waals surface area contributed by atoms with E-state index in [1.165, 1.54) is 4.31 Å². The number of nitrogens with zero attached hydrogens (tertiary/aromatic N) is 2. The number of amides is 2. The number of rotatable bonds is 5. The monoisotopic (exact) mass is 443 g/mol. The summed E-state index contributed by atoms with van der Waals surface area (Å²) in [5.41, 5.74) is 1.63. The van der Waals surface area contributed by atoms with Crippen molar-refractivity contribution in [2.75, 3.05) is 32.7 Å². The Labute approximate surface area is 184 Å². The lowest BCUT2D eigenvalue weighted by Crippen LogP contribution is -2.52. The molecule has 1 N–H and O–H groups in total. The van der Waals surface area contributed by atoms with Crippen molar-refractivity contribution in [2.45, 2.75) is 31.1 Å². The smallest absolute Gasteiger partial charge is 0.251 e. The van der Waals surface area contributed by atoms with E-state index < -0.39 is 10.0 Å². The van der Waals surface area contributed by atoms with Crippen LogP contribution >= 0.6 is 0 Å². The zero-order valence-corrected chi connectivity index (χ0v) is 19.0. The molecular weight excluding hydrogens is 414 g/mol. The standard InChI is InChI=1S/C23H29N3O4S/c1-23(2,3)19-11-9-18(10-12-19)22(28)24-17-21(27)25-13-15-26(16-14-25)31(29,30)20-7-5-4-6-8-20/h4-12H,13-17H2,1-3H3,(H,24,28).